The molecule has 2 atom stereocenters. The third-order valence-corrected chi connectivity index (χ3v) is 20.5. The Balaban J connectivity index is -0.0000000530. The van der Waals surface area contributed by atoms with E-state index in [0.29, 0.717) is 32.6 Å². The fourth-order valence-corrected chi connectivity index (χ4v) is 23.4. The van der Waals surface area contributed by atoms with E-state index in [9.17, 15) is 10.2 Å². The molecule has 0 amide bonds. The summed E-state index contributed by atoms with van der Waals surface area (Å²) in [6, 6.07) is 0.549. The van der Waals surface area contributed by atoms with Crippen molar-refractivity contribution in [2.45, 2.75) is 379 Å². The minimum absolute atomic E-state index is 0. The maximum Gasteiger partial charge on any atom is 2.00 e. The summed E-state index contributed by atoms with van der Waals surface area (Å²) in [5.41, 5.74) is -6.92. The maximum absolute atomic E-state index is 9.81. The molecular formula is C79H188Co3Cu2N12NiO10Si4. The van der Waals surface area contributed by atoms with E-state index < -0.39 is 89.0 Å². The van der Waals surface area contributed by atoms with Gasteiger partial charge in [-0.15, -0.1) is 0 Å². The van der Waals surface area contributed by atoms with Crippen LogP contribution in [-0.4, -0.2) is 317 Å². The Kier molecular flexibility index (Phi) is 101. The first-order valence-electron chi connectivity index (χ1n) is 37.3. The molecule has 0 aromatic rings. The van der Waals surface area contributed by atoms with E-state index in [-0.39, 0.29) is 130 Å². The van der Waals surface area contributed by atoms with Crippen LogP contribution < -0.4 is 0 Å². The Hall–Kier alpha value is 1.30. The van der Waals surface area contributed by atoms with Crippen molar-refractivity contribution in [2.24, 2.45) is 35.9 Å². The van der Waals surface area contributed by atoms with E-state index in [4.69, 9.17) is 50.1 Å². The molecule has 10 N–H and O–H groups in total. The van der Waals surface area contributed by atoms with Crippen LogP contribution in [0.25, 0.3) is 9.30 Å². The van der Waals surface area contributed by atoms with Gasteiger partial charge in [-0.2, -0.15) is 0 Å². The minimum Gasteiger partial charge on any atom is -0.668 e. The van der Waals surface area contributed by atoms with Crippen LogP contribution in [0.5, 0.6) is 0 Å². The summed E-state index contributed by atoms with van der Waals surface area (Å²) in [5, 5.41) is 91.9. The summed E-state index contributed by atoms with van der Waals surface area (Å²) in [5.74, 6) is 0.198. The molecule has 0 aliphatic carbocycles. The number of hydrogen-bond acceptors (Lipinski definition) is 20. The van der Waals surface area contributed by atoms with Gasteiger partial charge in [0.2, 0.25) is 0 Å². The second-order valence-electron chi connectivity index (χ2n) is 40.2. The fraction of sp³-hybridized carbons (Fsp3) is 0.924. The van der Waals surface area contributed by atoms with Crippen molar-refractivity contribution < 1.29 is 152 Å². The predicted molar refractivity (Wildman–Crippen MR) is 484 cm³/mol. The van der Waals surface area contributed by atoms with E-state index in [1.807, 2.05) is 166 Å². The summed E-state index contributed by atoms with van der Waals surface area (Å²) < 4.78 is 9.64. The van der Waals surface area contributed by atoms with Crippen molar-refractivity contribution in [3.63, 3.8) is 0 Å². The van der Waals surface area contributed by atoms with Gasteiger partial charge in [0, 0.05) is 174 Å². The molecule has 0 aromatic carbocycles. The first-order chi connectivity index (χ1) is 45.0. The smallest absolute Gasteiger partial charge is 0.668 e. The van der Waals surface area contributed by atoms with Crippen molar-refractivity contribution in [3.8, 4) is 0 Å². The SMILES string of the molecule is CC(C)C(C)(O)C=NC(C)(C)C.CC(C)N=CC(C)(C)O.CC(C)N=CC(C)(C)O.CCC(C)(O)C=NC(C)(C)C.CN(C)CC(C)(C)O.CN(C)CC(C)(C)O.CN(C)CC(C)(C)O.CN(C)CC(C)(C)O.CN=CC(C)(C)O.CN=CC(C)(C)O.C[Si](C)(C)[N-][Si](C)(C)C.C[Si](C)(C)[N-][Si](C)(C)C.[Co+2].[Co].[Co].[Cu].[Cu].[Ni]. The van der Waals surface area contributed by atoms with Gasteiger partial charge in [0.15, 0.2) is 0 Å². The fourth-order valence-electron chi connectivity index (χ4n) is 7.30. The van der Waals surface area contributed by atoms with Crippen molar-refractivity contribution in [2.75, 3.05) is 96.7 Å². The number of aliphatic imine (C=N–C) groups is 6. The molecule has 0 rings (SSSR count). The van der Waals surface area contributed by atoms with Gasteiger partial charge in [0.05, 0.1) is 67.1 Å². The second kappa shape index (κ2) is 71.8. The van der Waals surface area contributed by atoms with Crippen LogP contribution in [0.1, 0.15) is 221 Å². The Bertz CT molecular complexity index is 2040. The Labute approximate surface area is 756 Å². The number of aliphatic hydroxyl groups is 10. The first-order valence-corrected chi connectivity index (χ1v) is 51.1. The molecule has 699 valence electrons. The van der Waals surface area contributed by atoms with Gasteiger partial charge < -0.3 is 80.0 Å². The van der Waals surface area contributed by atoms with Gasteiger partial charge in [-0.1, -0.05) is 132 Å². The summed E-state index contributed by atoms with van der Waals surface area (Å²) in [7, 11) is 14.4. The standard InChI is InChI=1S/C10H21NO.C9H19NO.2C7H15NO.4C6H15NO.2C6H18NSi2.2C5H11NO.3Co.2Cu.Ni/c1-8(2)10(6,12)7-11-9(3,4)5;1-6-9(5,11)7-10-8(2,3)4;2*1-6(2)8-5-7(3,4)9;4*1-6(2,8)5-7(3)4;2*1-8(2,3)7-9(4,5)6;2*1-5(2,7)4-6-3;;;;;;/h7-8,12H,1-6H3;7,11H,6H2,1-5H3;2*5-6,9H,1-4H3;4*8H,5H2,1-4H3;2*1-6H3;2*4,7H,1-3H3;;;;;;/q;;;;;;;;2*-1;;;;;+2;;;. The number of rotatable bonds is 22. The number of likely N-dealkylation sites (N-methyl/N-ethyl adjacent to an activating group) is 4. The van der Waals surface area contributed by atoms with Gasteiger partial charge in [-0.25, -0.2) is 0 Å². The Morgan fingerprint density at radius 3 is 0.568 bits per heavy atom. The van der Waals surface area contributed by atoms with Crippen LogP contribution >= 0.6 is 0 Å². The van der Waals surface area contributed by atoms with Crippen LogP contribution in [0.3, 0.4) is 0 Å². The molecule has 0 bridgehead atoms. The van der Waals surface area contributed by atoms with Crippen molar-refractivity contribution in [1.82, 2.24) is 19.6 Å². The molecule has 22 nitrogen and oxygen atoms in total. The molecule has 2 unspecified atom stereocenters. The van der Waals surface area contributed by atoms with Gasteiger partial charge in [0.25, 0.3) is 0 Å². The van der Waals surface area contributed by atoms with Gasteiger partial charge in [0.1, 0.15) is 0 Å². The molecule has 0 aliphatic heterocycles. The number of nitrogens with zero attached hydrogens (tertiary/aromatic N) is 12. The molecule has 5 radical (unpaired) electrons. The van der Waals surface area contributed by atoms with Crippen LogP contribution in [0, 0.1) is 5.92 Å². The Morgan fingerprint density at radius 2 is 0.505 bits per heavy atom. The summed E-state index contributed by atoms with van der Waals surface area (Å²) in [6.07, 6.45) is 10.1. The monoisotopic (exact) mass is 1940 g/mol. The molecule has 32 heteroatoms. The topological polar surface area (TPSA) is 318 Å². The number of hydrogen-bond donors (Lipinski definition) is 10. The average molecular weight is 1940 g/mol. The van der Waals surface area contributed by atoms with Crippen molar-refractivity contribution in [1.29, 1.82) is 0 Å². The molecular weight excluding hydrogens is 1750 g/mol. The molecule has 0 fully saturated rings. The van der Waals surface area contributed by atoms with Crippen LogP contribution in [0.4, 0.5) is 0 Å². The molecule has 111 heavy (non-hydrogen) atoms. The zero-order valence-corrected chi connectivity index (χ0v) is 91.5. The third kappa shape index (κ3) is 228. The van der Waals surface area contributed by atoms with Crippen LogP contribution in [0.15, 0.2) is 30.0 Å². The summed E-state index contributed by atoms with van der Waals surface area (Å²) in [6.45, 7) is 87.8. The predicted octanol–water partition coefficient (Wildman–Crippen LogP) is 15.0. The van der Waals surface area contributed by atoms with Gasteiger partial charge >= 0.3 is 16.8 Å². The van der Waals surface area contributed by atoms with E-state index >= 15 is 0 Å². The second-order valence-corrected chi connectivity index (χ2v) is 59.3. The van der Waals surface area contributed by atoms with Crippen LogP contribution in [-0.2, 0) is 101 Å². The quantitative estimate of drug-likeness (QED) is 0.0356. The molecule has 0 aliphatic rings. The average Bonchev–Trinajstić information content (AvgIpc) is 0.896. The van der Waals surface area contributed by atoms with E-state index in [1.165, 1.54) is 12.4 Å². The molecule has 0 heterocycles. The molecule has 0 spiro atoms. The van der Waals surface area contributed by atoms with E-state index in [2.05, 4.69) is 109 Å². The molecule has 0 saturated heterocycles. The maximum atomic E-state index is 9.81. The third-order valence-electron chi connectivity index (χ3n) is 9.75. The van der Waals surface area contributed by atoms with Gasteiger partial charge in [-0.05, 0) is 263 Å². The van der Waals surface area contributed by atoms with E-state index in [0.717, 1.165) is 0 Å². The largest absolute Gasteiger partial charge is 2.00 e. The summed E-state index contributed by atoms with van der Waals surface area (Å²) in [4.78, 5) is 31.6. The first kappa shape index (κ1) is 156. The zero-order valence-electron chi connectivity index (χ0n) is 81.5. The normalized spacial score (nSPS) is 13.7. The molecule has 0 aromatic heterocycles. The van der Waals surface area contributed by atoms with Crippen LogP contribution in [0.2, 0.25) is 78.6 Å². The Morgan fingerprint density at radius 1 is 0.333 bits per heavy atom. The van der Waals surface area contributed by atoms with Crippen molar-refractivity contribution >= 4 is 70.2 Å². The van der Waals surface area contributed by atoms with Crippen molar-refractivity contribution in [3.05, 3.63) is 9.30 Å². The zero-order chi connectivity index (χ0) is 88.5. The minimum atomic E-state index is -1.11. The van der Waals surface area contributed by atoms with Gasteiger partial charge in [-0.3, -0.25) is 30.0 Å². The van der Waals surface area contributed by atoms with E-state index in [1.54, 1.807) is 164 Å². The summed E-state index contributed by atoms with van der Waals surface area (Å²) >= 11 is 0. The molecule has 0 saturated carbocycles.